The first kappa shape index (κ1) is 20.2. The van der Waals surface area contributed by atoms with E-state index >= 15 is 0 Å². The summed E-state index contributed by atoms with van der Waals surface area (Å²) in [4.78, 5) is 35.8. The number of pyridine rings is 2. The lowest BCUT2D eigenvalue weighted by atomic mass is 10.0. The average Bonchev–Trinajstić information content (AvgIpc) is 3.56. The fourth-order valence-electron chi connectivity index (χ4n) is 4.08. The summed E-state index contributed by atoms with van der Waals surface area (Å²) in [5.74, 6) is 1.04. The zero-order valence-corrected chi connectivity index (χ0v) is 18.3. The predicted molar refractivity (Wildman–Crippen MR) is 122 cm³/mol. The van der Waals surface area contributed by atoms with Crippen LogP contribution in [0.4, 0.5) is 23.0 Å². The van der Waals surface area contributed by atoms with E-state index in [1.165, 1.54) is 6.20 Å². The maximum Gasteiger partial charge on any atom is 0.228 e. The van der Waals surface area contributed by atoms with Gasteiger partial charge in [-0.2, -0.15) is 5.10 Å². The van der Waals surface area contributed by atoms with Crippen LogP contribution >= 0.6 is 0 Å². The molecule has 4 heterocycles. The van der Waals surface area contributed by atoms with Gasteiger partial charge in [-0.15, -0.1) is 0 Å². The second-order valence-electron chi connectivity index (χ2n) is 8.37. The lowest BCUT2D eigenvalue weighted by Gasteiger charge is -2.28. The second kappa shape index (κ2) is 7.74. The smallest absolute Gasteiger partial charge is 0.228 e. The first-order valence-electron chi connectivity index (χ1n) is 10.8. The lowest BCUT2D eigenvalue weighted by Crippen LogP contribution is -2.23. The van der Waals surface area contributed by atoms with Gasteiger partial charge >= 0.3 is 0 Å². The molecule has 9 nitrogen and oxygen atoms in total. The van der Waals surface area contributed by atoms with E-state index < -0.39 is 0 Å². The Balaban J connectivity index is 1.55. The van der Waals surface area contributed by atoms with E-state index in [9.17, 15) is 9.59 Å². The zero-order valence-electron chi connectivity index (χ0n) is 18.3. The summed E-state index contributed by atoms with van der Waals surface area (Å²) >= 11 is 0. The molecule has 9 heteroatoms. The Morgan fingerprint density at radius 3 is 2.78 bits per heavy atom. The van der Waals surface area contributed by atoms with Crippen molar-refractivity contribution >= 4 is 34.7 Å². The third-order valence-corrected chi connectivity index (χ3v) is 5.85. The van der Waals surface area contributed by atoms with E-state index in [0.717, 1.165) is 35.3 Å². The minimum atomic E-state index is -0.0368. The van der Waals surface area contributed by atoms with Gasteiger partial charge in [0.1, 0.15) is 5.82 Å². The molecular formula is C23H25N7O2. The summed E-state index contributed by atoms with van der Waals surface area (Å²) < 4.78 is 1.82. The molecule has 2 aliphatic rings. The average molecular weight is 432 g/mol. The number of fused-ring (bicyclic) bond motifs is 3. The Morgan fingerprint density at radius 2 is 2.03 bits per heavy atom. The van der Waals surface area contributed by atoms with Gasteiger partial charge in [0.25, 0.3) is 0 Å². The topological polar surface area (TPSA) is 105 Å². The molecule has 1 saturated carbocycles. The first-order chi connectivity index (χ1) is 15.4. The number of hydrogen-bond acceptors (Lipinski definition) is 7. The number of ketones is 1. The fraction of sp³-hybridized carbons (Fsp3) is 0.348. The number of nitrogens with zero attached hydrogens (tertiary/aromatic N) is 5. The Bertz CT molecular complexity index is 1230. The zero-order chi connectivity index (χ0) is 22.4. The number of hydrogen-bond donors (Lipinski definition) is 2. The van der Waals surface area contributed by atoms with Crippen LogP contribution in [0, 0.1) is 5.92 Å². The van der Waals surface area contributed by atoms with Crippen molar-refractivity contribution in [3.05, 3.63) is 41.9 Å². The molecule has 0 atom stereocenters. The molecule has 5 rings (SSSR count). The highest BCUT2D eigenvalue weighted by Crippen LogP contribution is 2.42. The molecule has 0 bridgehead atoms. The summed E-state index contributed by atoms with van der Waals surface area (Å²) in [5, 5.41) is 10.8. The molecule has 1 aliphatic carbocycles. The SMILES string of the molecule is CCC(=O)c1cnc(NC(=O)C2CC2)cc1Nc1nccc2c1N(C)Cc1cn(C)nc1-2. The van der Waals surface area contributed by atoms with Crippen LogP contribution in [0.3, 0.4) is 0 Å². The lowest BCUT2D eigenvalue weighted by molar-refractivity contribution is -0.117. The minimum absolute atomic E-state index is 0.0318. The van der Waals surface area contributed by atoms with Gasteiger partial charge in [0.15, 0.2) is 11.6 Å². The summed E-state index contributed by atoms with van der Waals surface area (Å²) in [6.07, 6.45) is 7.44. The number of carbonyl (C=O) groups is 2. The number of rotatable bonds is 6. The molecule has 1 aliphatic heterocycles. The van der Waals surface area contributed by atoms with Crippen molar-refractivity contribution in [3.8, 4) is 11.3 Å². The minimum Gasteiger partial charge on any atom is -0.367 e. The van der Waals surface area contributed by atoms with Crippen molar-refractivity contribution in [1.29, 1.82) is 0 Å². The third-order valence-electron chi connectivity index (χ3n) is 5.85. The van der Waals surface area contributed by atoms with E-state index in [-0.39, 0.29) is 17.6 Å². The molecule has 1 amide bonds. The van der Waals surface area contributed by atoms with Gasteiger partial charge < -0.3 is 15.5 Å². The van der Waals surface area contributed by atoms with Crippen LogP contribution in [-0.2, 0) is 18.4 Å². The molecule has 0 aromatic carbocycles. The molecule has 0 saturated heterocycles. The molecule has 3 aromatic heterocycles. The summed E-state index contributed by atoms with van der Waals surface area (Å²) in [7, 11) is 3.92. The van der Waals surface area contributed by atoms with Crippen molar-refractivity contribution in [2.24, 2.45) is 13.0 Å². The number of amides is 1. The predicted octanol–water partition coefficient (Wildman–Crippen LogP) is 3.51. The molecule has 1 fully saturated rings. The van der Waals surface area contributed by atoms with Crippen LogP contribution in [0.15, 0.2) is 30.7 Å². The maximum atomic E-state index is 12.6. The molecule has 0 radical (unpaired) electrons. The number of carbonyl (C=O) groups excluding carboxylic acids is 2. The van der Waals surface area contributed by atoms with Crippen molar-refractivity contribution in [3.63, 3.8) is 0 Å². The highest BCUT2D eigenvalue weighted by atomic mass is 16.2. The number of aromatic nitrogens is 4. The van der Waals surface area contributed by atoms with E-state index in [4.69, 9.17) is 0 Å². The van der Waals surface area contributed by atoms with Gasteiger partial charge in [-0.05, 0) is 18.9 Å². The normalized spacial score (nSPS) is 14.5. The van der Waals surface area contributed by atoms with Crippen LogP contribution in [-0.4, -0.2) is 38.5 Å². The standard InChI is InChI=1S/C23H25N7O2/c1-4-18(31)16-10-25-19(27-23(32)13-5-6-13)9-17(16)26-22-21-15(7-8-24-22)20-14(11-29(21)2)12-30(3)28-20/h7-10,12-13H,4-6,11H2,1-3H3,(H2,24,25,26,27,32). The van der Waals surface area contributed by atoms with Crippen LogP contribution in [0.1, 0.15) is 42.1 Å². The Kier molecular flexibility index (Phi) is 4.88. The molecule has 0 unspecified atom stereocenters. The number of anilines is 4. The summed E-state index contributed by atoms with van der Waals surface area (Å²) in [6, 6.07) is 3.66. The van der Waals surface area contributed by atoms with E-state index in [1.54, 1.807) is 12.3 Å². The highest BCUT2D eigenvalue weighted by molar-refractivity contribution is 6.03. The van der Waals surface area contributed by atoms with Gasteiger partial charge in [0, 0.05) is 68.8 Å². The molecule has 32 heavy (non-hydrogen) atoms. The van der Waals surface area contributed by atoms with Crippen molar-refractivity contribution in [1.82, 2.24) is 19.7 Å². The first-order valence-corrected chi connectivity index (χ1v) is 10.8. The molecule has 2 N–H and O–H groups in total. The van der Waals surface area contributed by atoms with Crippen molar-refractivity contribution in [2.75, 3.05) is 22.6 Å². The van der Waals surface area contributed by atoms with E-state index in [1.807, 2.05) is 38.0 Å². The highest BCUT2D eigenvalue weighted by Gasteiger charge is 2.30. The van der Waals surface area contributed by atoms with Crippen LogP contribution in [0.5, 0.6) is 0 Å². The largest absolute Gasteiger partial charge is 0.367 e. The Labute approximate surface area is 185 Å². The third kappa shape index (κ3) is 3.59. The molecular weight excluding hydrogens is 406 g/mol. The number of aryl methyl sites for hydroxylation is 1. The van der Waals surface area contributed by atoms with Crippen molar-refractivity contribution in [2.45, 2.75) is 32.7 Å². The van der Waals surface area contributed by atoms with Gasteiger partial charge in [0.2, 0.25) is 5.91 Å². The maximum absolute atomic E-state index is 12.6. The van der Waals surface area contributed by atoms with Crippen LogP contribution in [0.2, 0.25) is 0 Å². The Hall–Kier alpha value is -3.75. The van der Waals surface area contributed by atoms with E-state index in [2.05, 4.69) is 30.6 Å². The number of Topliss-reactive ketones (excluding diaryl/α,β-unsaturated/α-hetero) is 1. The summed E-state index contributed by atoms with van der Waals surface area (Å²) in [6.45, 7) is 2.52. The van der Waals surface area contributed by atoms with Gasteiger partial charge in [-0.25, -0.2) is 9.97 Å². The van der Waals surface area contributed by atoms with Crippen LogP contribution < -0.4 is 15.5 Å². The van der Waals surface area contributed by atoms with E-state index in [0.29, 0.717) is 35.9 Å². The van der Waals surface area contributed by atoms with Crippen molar-refractivity contribution < 1.29 is 9.59 Å². The molecule has 0 spiro atoms. The summed E-state index contributed by atoms with van der Waals surface area (Å²) in [5.41, 5.74) is 5.01. The molecule has 3 aromatic rings. The van der Waals surface area contributed by atoms with Gasteiger partial charge in [0.05, 0.1) is 22.6 Å². The monoisotopic (exact) mass is 431 g/mol. The quantitative estimate of drug-likeness (QED) is 0.576. The van der Waals surface area contributed by atoms with Gasteiger partial charge in [-0.1, -0.05) is 6.92 Å². The number of nitrogens with one attached hydrogen (secondary N) is 2. The fourth-order valence-corrected chi connectivity index (χ4v) is 4.08. The van der Waals surface area contributed by atoms with Gasteiger partial charge in [-0.3, -0.25) is 14.3 Å². The Morgan fingerprint density at radius 1 is 1.22 bits per heavy atom. The second-order valence-corrected chi connectivity index (χ2v) is 8.37. The van der Waals surface area contributed by atoms with Crippen LogP contribution in [0.25, 0.3) is 11.3 Å². The molecule has 164 valence electrons.